The monoisotopic (exact) mass is 956 g/mol. The lowest BCUT2D eigenvalue weighted by molar-refractivity contribution is 0.591. The van der Waals surface area contributed by atoms with Crippen LogP contribution < -0.4 is 31.8 Å². The molecule has 12 rings (SSSR count). The number of fused-ring (bicyclic) bond motifs is 5. The van der Waals surface area contributed by atoms with Crippen molar-refractivity contribution in [1.82, 2.24) is 0 Å². The number of hydrogen-bond acceptors (Lipinski definition) is 2. The Balaban J connectivity index is 1.32. The second-order valence-electron chi connectivity index (χ2n) is 17.9. The van der Waals surface area contributed by atoms with E-state index in [-0.39, 0.29) is 0 Å². The van der Waals surface area contributed by atoms with Crippen LogP contribution in [-0.4, -0.2) is 0 Å². The normalized spacial score (nSPS) is 14.3. The molecule has 1 heterocycles. The smallest absolute Gasteiger partial charge is 0.172 e. The van der Waals surface area contributed by atoms with Crippen molar-refractivity contribution in [3.63, 3.8) is 0 Å². The lowest BCUT2D eigenvalue weighted by Crippen LogP contribution is -2.28. The van der Waals surface area contributed by atoms with Gasteiger partial charge in [0.05, 0.1) is 0 Å². The largest absolute Gasteiger partial charge is 0.309 e. The molecule has 1 aliphatic rings. The molecular weight excluding hydrogens is 911 g/mol. The molecule has 340 valence electrons. The molecule has 0 fully saturated rings. The Labute approximate surface area is 421 Å². The molecular formula is C68H46O2P2. The average Bonchev–Trinajstić information content (AvgIpc) is 3.56. The van der Waals surface area contributed by atoms with Crippen molar-refractivity contribution in [2.24, 2.45) is 0 Å². The standard InChI is InChI=1S/C68H46O2P2/c69-71(54-36-15-5-16-37-54,59-43-23-19-29-50(59)48-47-49-27-7-1-8-28-49)60-44-24-20-40-56(60)66-63(51-30-9-2-10-31-51)64(52-32-11-3-12-33-52)67-57-41-21-25-45-61(57)72(70,55-38-17-6-18-39-55)62-46-26-22-42-58(62)68(67)65(66)53-34-13-4-14-35-53/h1-46H. The maximum atomic E-state index is 17.5. The highest BCUT2D eigenvalue weighted by atomic mass is 31.2. The summed E-state index contributed by atoms with van der Waals surface area (Å²) in [5.74, 6) is 6.87. The summed E-state index contributed by atoms with van der Waals surface area (Å²) in [6, 6.07) is 94.6. The summed E-state index contributed by atoms with van der Waals surface area (Å²) in [7, 11) is -7.39. The number of benzene rings is 11. The van der Waals surface area contributed by atoms with E-state index in [1.165, 1.54) is 0 Å². The molecule has 2 unspecified atom stereocenters. The Morgan fingerprint density at radius 3 is 1.18 bits per heavy atom. The highest BCUT2D eigenvalue weighted by molar-refractivity contribution is 7.86. The molecule has 72 heavy (non-hydrogen) atoms. The van der Waals surface area contributed by atoms with Gasteiger partial charge in [0.1, 0.15) is 0 Å². The fraction of sp³-hybridized carbons (Fsp3) is 0. The van der Waals surface area contributed by atoms with Gasteiger partial charge in [-0.25, -0.2) is 0 Å². The van der Waals surface area contributed by atoms with E-state index in [0.717, 1.165) is 88.2 Å². The van der Waals surface area contributed by atoms with Crippen LogP contribution in [0.4, 0.5) is 0 Å². The minimum Gasteiger partial charge on any atom is -0.309 e. The van der Waals surface area contributed by atoms with E-state index in [0.29, 0.717) is 21.5 Å². The van der Waals surface area contributed by atoms with Gasteiger partial charge in [-0.3, -0.25) is 0 Å². The molecule has 0 saturated carbocycles. The van der Waals surface area contributed by atoms with E-state index >= 15 is 9.13 Å². The lowest BCUT2D eigenvalue weighted by Gasteiger charge is -2.30. The van der Waals surface area contributed by atoms with Crippen LogP contribution in [0, 0.1) is 11.8 Å². The summed E-state index contributed by atoms with van der Waals surface area (Å²) in [6.45, 7) is 0. The van der Waals surface area contributed by atoms with Gasteiger partial charge in [-0.05, 0) is 91.0 Å². The highest BCUT2D eigenvalue weighted by Gasteiger charge is 2.42. The number of rotatable bonds is 8. The molecule has 0 amide bonds. The van der Waals surface area contributed by atoms with Crippen LogP contribution in [-0.2, 0) is 9.13 Å². The fourth-order valence-corrected chi connectivity index (χ4v) is 16.8. The van der Waals surface area contributed by atoms with E-state index in [9.17, 15) is 0 Å². The van der Waals surface area contributed by atoms with Gasteiger partial charge in [0.25, 0.3) is 0 Å². The molecule has 1 aliphatic heterocycles. The summed E-state index contributed by atoms with van der Waals surface area (Å²) < 4.78 is 34.5. The maximum Gasteiger partial charge on any atom is 0.172 e. The van der Waals surface area contributed by atoms with E-state index in [4.69, 9.17) is 0 Å². The van der Waals surface area contributed by atoms with Gasteiger partial charge in [-0.1, -0.05) is 267 Å². The average molecular weight is 957 g/mol. The first-order valence-corrected chi connectivity index (χ1v) is 27.6. The molecule has 0 saturated heterocycles. The molecule has 2 atom stereocenters. The van der Waals surface area contributed by atoms with E-state index in [2.05, 4.69) is 157 Å². The van der Waals surface area contributed by atoms with Gasteiger partial charge in [0.2, 0.25) is 0 Å². The van der Waals surface area contributed by atoms with Gasteiger partial charge in [0, 0.05) is 43.0 Å². The summed E-state index contributed by atoms with van der Waals surface area (Å²) in [5, 5.41) is 4.38. The van der Waals surface area contributed by atoms with Gasteiger partial charge in [-0.2, -0.15) is 0 Å². The van der Waals surface area contributed by atoms with Crippen molar-refractivity contribution in [1.29, 1.82) is 0 Å². The maximum absolute atomic E-state index is 17.5. The summed E-state index contributed by atoms with van der Waals surface area (Å²) in [4.78, 5) is 0. The Hall–Kier alpha value is -8.56. The van der Waals surface area contributed by atoms with Crippen molar-refractivity contribution in [2.75, 3.05) is 0 Å². The molecule has 11 aromatic carbocycles. The van der Waals surface area contributed by atoms with Gasteiger partial charge >= 0.3 is 0 Å². The number of hydrogen-bond donors (Lipinski definition) is 0. The molecule has 4 heteroatoms. The van der Waals surface area contributed by atoms with E-state index < -0.39 is 14.3 Å². The predicted molar refractivity (Wildman–Crippen MR) is 304 cm³/mol. The summed E-state index contributed by atoms with van der Waals surface area (Å²) in [5.41, 5.74) is 13.0. The molecule has 0 aliphatic carbocycles. The molecule has 11 aromatic rings. The van der Waals surface area contributed by atoms with Crippen LogP contribution in [0.15, 0.2) is 279 Å². The Morgan fingerprint density at radius 2 is 0.667 bits per heavy atom. The molecule has 2 nitrogen and oxygen atoms in total. The topological polar surface area (TPSA) is 34.1 Å². The SMILES string of the molecule is O=P(c1ccccc1)(c1ccccc1C#Cc1ccccc1)c1ccccc1-c1c(-c2ccccc2)c(-c2ccccc2)c2c(c1-c1ccccc1)-c1ccccc1P(=O)(c1ccccc1)c1ccccc1-2. The van der Waals surface area contributed by atoms with E-state index in [1.807, 2.05) is 133 Å². The second kappa shape index (κ2) is 19.0. The van der Waals surface area contributed by atoms with Crippen LogP contribution in [0.5, 0.6) is 0 Å². The molecule has 0 bridgehead atoms. The van der Waals surface area contributed by atoms with Crippen LogP contribution >= 0.6 is 14.3 Å². The zero-order valence-electron chi connectivity index (χ0n) is 39.3. The third-order valence-corrected chi connectivity index (χ3v) is 20.1. The van der Waals surface area contributed by atoms with Crippen LogP contribution in [0.3, 0.4) is 0 Å². The van der Waals surface area contributed by atoms with Crippen molar-refractivity contribution >= 4 is 46.1 Å². The third kappa shape index (κ3) is 7.55. The fourth-order valence-electron chi connectivity index (χ4n) is 10.7. The molecule has 0 radical (unpaired) electrons. The highest BCUT2D eigenvalue weighted by Crippen LogP contribution is 2.61. The van der Waals surface area contributed by atoms with Gasteiger partial charge < -0.3 is 9.13 Å². The van der Waals surface area contributed by atoms with Gasteiger partial charge in [-0.15, -0.1) is 0 Å². The minimum atomic E-state index is -3.81. The summed E-state index contributed by atoms with van der Waals surface area (Å²) >= 11 is 0. The van der Waals surface area contributed by atoms with Crippen LogP contribution in [0.25, 0.3) is 66.8 Å². The first-order valence-electron chi connectivity index (χ1n) is 24.2. The van der Waals surface area contributed by atoms with Crippen LogP contribution in [0.2, 0.25) is 0 Å². The van der Waals surface area contributed by atoms with Crippen molar-refractivity contribution in [3.05, 3.63) is 290 Å². The third-order valence-electron chi connectivity index (χ3n) is 13.8. The zero-order valence-corrected chi connectivity index (χ0v) is 41.1. The molecule has 0 aromatic heterocycles. The van der Waals surface area contributed by atoms with Crippen molar-refractivity contribution < 1.29 is 9.13 Å². The first kappa shape index (κ1) is 44.6. The van der Waals surface area contributed by atoms with Crippen LogP contribution in [0.1, 0.15) is 11.1 Å². The quantitative estimate of drug-likeness (QED) is 0.112. The Kier molecular flexibility index (Phi) is 11.8. The lowest BCUT2D eigenvalue weighted by atomic mass is 9.74. The second-order valence-corrected chi connectivity index (χ2v) is 23.3. The predicted octanol–water partition coefficient (Wildman–Crippen LogP) is 14.7. The van der Waals surface area contributed by atoms with Gasteiger partial charge in [0.15, 0.2) is 14.3 Å². The minimum absolute atomic E-state index is 0.663. The molecule has 0 N–H and O–H groups in total. The zero-order chi connectivity index (χ0) is 48.5. The van der Waals surface area contributed by atoms with Crippen molar-refractivity contribution in [2.45, 2.75) is 0 Å². The summed E-state index contributed by atoms with van der Waals surface area (Å²) in [6.07, 6.45) is 0. The molecule has 0 spiro atoms. The van der Waals surface area contributed by atoms with Crippen molar-refractivity contribution in [3.8, 4) is 78.6 Å². The Morgan fingerprint density at radius 1 is 0.306 bits per heavy atom. The van der Waals surface area contributed by atoms with E-state index in [1.54, 1.807) is 0 Å². The first-order chi connectivity index (χ1) is 35.5. The Bertz CT molecular complexity index is 3950.